The predicted molar refractivity (Wildman–Crippen MR) is 146 cm³/mol. The lowest BCUT2D eigenvalue weighted by Gasteiger charge is -2.19. The van der Waals surface area contributed by atoms with E-state index in [1.807, 2.05) is 97.1 Å². The molecule has 37 heavy (non-hydrogen) atoms. The quantitative estimate of drug-likeness (QED) is 0.244. The van der Waals surface area contributed by atoms with Crippen molar-refractivity contribution in [3.05, 3.63) is 114 Å². The molecule has 0 saturated heterocycles. The van der Waals surface area contributed by atoms with Crippen molar-refractivity contribution in [2.75, 3.05) is 14.2 Å². The smallest absolute Gasteiger partial charge is 0.336 e. The molecule has 0 atom stereocenters. The fraction of sp³-hybridized carbons (Fsp3) is 0.0938. The van der Waals surface area contributed by atoms with E-state index < -0.39 is 5.97 Å². The molecule has 184 valence electrons. The highest BCUT2D eigenvalue weighted by Crippen LogP contribution is 2.44. The number of aromatic carboxylic acids is 1. The molecule has 0 amide bonds. The third-order valence-corrected chi connectivity index (χ3v) is 6.35. The molecule has 0 aromatic heterocycles. The minimum atomic E-state index is -1.02. The van der Waals surface area contributed by atoms with Gasteiger partial charge in [0.05, 0.1) is 19.8 Å². The van der Waals surface area contributed by atoms with E-state index in [2.05, 4.69) is 0 Å². The van der Waals surface area contributed by atoms with Crippen LogP contribution in [0.5, 0.6) is 17.2 Å². The monoisotopic (exact) mass is 490 g/mol. The van der Waals surface area contributed by atoms with Crippen molar-refractivity contribution < 1.29 is 24.1 Å². The maximum atomic E-state index is 12.5. The Bertz CT molecular complexity index is 1540. The van der Waals surface area contributed by atoms with Gasteiger partial charge in [0, 0.05) is 16.5 Å². The number of methoxy groups -OCH3 is 2. The first-order chi connectivity index (χ1) is 18.1. The van der Waals surface area contributed by atoms with Gasteiger partial charge >= 0.3 is 5.97 Å². The number of carboxylic acids is 1. The Labute approximate surface area is 215 Å². The normalized spacial score (nSPS) is 10.8. The van der Waals surface area contributed by atoms with Crippen LogP contribution >= 0.6 is 0 Å². The van der Waals surface area contributed by atoms with Crippen LogP contribution in [-0.2, 0) is 6.61 Å². The molecule has 0 heterocycles. The molecule has 0 spiro atoms. The number of hydrogen-bond acceptors (Lipinski definition) is 4. The van der Waals surface area contributed by atoms with Crippen molar-refractivity contribution in [1.29, 1.82) is 0 Å². The Morgan fingerprint density at radius 2 is 1.38 bits per heavy atom. The second kappa shape index (κ2) is 10.5. The lowest BCUT2D eigenvalue weighted by atomic mass is 9.90. The van der Waals surface area contributed by atoms with Crippen LogP contribution in [0.2, 0.25) is 0 Å². The largest absolute Gasteiger partial charge is 0.497 e. The van der Waals surface area contributed by atoms with Crippen LogP contribution in [-0.4, -0.2) is 25.3 Å². The molecule has 5 nitrogen and oxygen atoms in total. The summed E-state index contributed by atoms with van der Waals surface area (Å²) in [6, 6.07) is 32.6. The van der Waals surface area contributed by atoms with Gasteiger partial charge in [-0.3, -0.25) is 0 Å². The molecule has 0 fully saturated rings. The van der Waals surface area contributed by atoms with Crippen LogP contribution in [0.4, 0.5) is 0 Å². The van der Waals surface area contributed by atoms with Gasteiger partial charge in [0.2, 0.25) is 0 Å². The number of rotatable bonds is 8. The van der Waals surface area contributed by atoms with Gasteiger partial charge in [0.15, 0.2) is 0 Å². The Balaban J connectivity index is 1.78. The first-order valence-corrected chi connectivity index (χ1v) is 11.9. The maximum Gasteiger partial charge on any atom is 0.336 e. The Morgan fingerprint density at radius 1 is 0.703 bits per heavy atom. The molecule has 0 unspecified atom stereocenters. The van der Waals surface area contributed by atoms with Gasteiger partial charge in [-0.05, 0) is 52.4 Å². The average Bonchev–Trinajstić information content (AvgIpc) is 2.95. The van der Waals surface area contributed by atoms with Crippen LogP contribution in [0.15, 0.2) is 103 Å². The summed E-state index contributed by atoms with van der Waals surface area (Å²) in [5, 5.41) is 11.8. The predicted octanol–water partition coefficient (Wildman–Crippen LogP) is 7.47. The highest BCUT2D eigenvalue weighted by molar-refractivity contribution is 6.11. The van der Waals surface area contributed by atoms with Crippen molar-refractivity contribution in [2.24, 2.45) is 0 Å². The standard InChI is InChI=1S/C32H26O5/c1-35-24-15-13-22(14-16-24)25-17-27-26(18-29(25)36-2)30(37-20-21-9-5-3-6-10-21)19-28(32(33)34)31(27)23-11-7-4-8-12-23/h3-19H,20H2,1-2H3,(H,33,34). The number of carbonyl (C=O) groups is 1. The topological polar surface area (TPSA) is 65.0 Å². The van der Waals surface area contributed by atoms with E-state index >= 15 is 0 Å². The Hall–Kier alpha value is -4.77. The van der Waals surface area contributed by atoms with Gasteiger partial charge in [-0.25, -0.2) is 4.79 Å². The Morgan fingerprint density at radius 3 is 2.00 bits per heavy atom. The molecular weight excluding hydrogens is 464 g/mol. The fourth-order valence-corrected chi connectivity index (χ4v) is 4.52. The fourth-order valence-electron chi connectivity index (χ4n) is 4.52. The first kappa shape index (κ1) is 23.9. The molecule has 0 aliphatic heterocycles. The molecule has 0 bridgehead atoms. The minimum absolute atomic E-state index is 0.174. The number of benzene rings is 5. The van der Waals surface area contributed by atoms with Crippen LogP contribution in [0.3, 0.4) is 0 Å². The summed E-state index contributed by atoms with van der Waals surface area (Å²) in [4.78, 5) is 12.5. The van der Waals surface area contributed by atoms with Crippen LogP contribution in [0.1, 0.15) is 15.9 Å². The Kier molecular flexibility index (Phi) is 6.77. The summed E-state index contributed by atoms with van der Waals surface area (Å²) in [6.45, 7) is 0.308. The molecule has 5 rings (SSSR count). The highest BCUT2D eigenvalue weighted by atomic mass is 16.5. The second-order valence-electron chi connectivity index (χ2n) is 8.57. The molecule has 1 N–H and O–H groups in total. The summed E-state index contributed by atoms with van der Waals surface area (Å²) < 4.78 is 17.3. The number of hydrogen-bond donors (Lipinski definition) is 1. The molecule has 0 saturated carbocycles. The number of fused-ring (bicyclic) bond motifs is 1. The third-order valence-electron chi connectivity index (χ3n) is 6.35. The van der Waals surface area contributed by atoms with E-state index in [0.29, 0.717) is 23.7 Å². The maximum absolute atomic E-state index is 12.5. The van der Waals surface area contributed by atoms with Crippen LogP contribution in [0.25, 0.3) is 33.0 Å². The summed E-state index contributed by atoms with van der Waals surface area (Å²) in [6.07, 6.45) is 0. The minimum Gasteiger partial charge on any atom is -0.497 e. The van der Waals surface area contributed by atoms with E-state index in [-0.39, 0.29) is 5.56 Å². The van der Waals surface area contributed by atoms with Crippen molar-refractivity contribution in [2.45, 2.75) is 6.61 Å². The summed E-state index contributed by atoms with van der Waals surface area (Å²) >= 11 is 0. The van der Waals surface area contributed by atoms with E-state index in [0.717, 1.165) is 38.8 Å². The number of carboxylic acid groups (broad SMARTS) is 1. The van der Waals surface area contributed by atoms with E-state index in [4.69, 9.17) is 14.2 Å². The average molecular weight is 491 g/mol. The molecule has 0 radical (unpaired) electrons. The highest BCUT2D eigenvalue weighted by Gasteiger charge is 2.22. The first-order valence-electron chi connectivity index (χ1n) is 11.9. The molecule has 5 heteroatoms. The molecule has 0 aliphatic carbocycles. The van der Waals surface area contributed by atoms with Crippen molar-refractivity contribution in [3.63, 3.8) is 0 Å². The van der Waals surface area contributed by atoms with Crippen molar-refractivity contribution in [3.8, 4) is 39.5 Å². The van der Waals surface area contributed by atoms with E-state index in [1.165, 1.54) is 0 Å². The summed E-state index contributed by atoms with van der Waals surface area (Å²) in [5.74, 6) is 0.866. The summed E-state index contributed by atoms with van der Waals surface area (Å²) in [5.41, 5.74) is 4.37. The van der Waals surface area contributed by atoms with Gasteiger partial charge in [0.1, 0.15) is 23.9 Å². The molecule has 5 aromatic rings. The zero-order valence-electron chi connectivity index (χ0n) is 20.6. The second-order valence-corrected chi connectivity index (χ2v) is 8.57. The van der Waals surface area contributed by atoms with Crippen molar-refractivity contribution >= 4 is 16.7 Å². The lowest BCUT2D eigenvalue weighted by Crippen LogP contribution is -2.04. The van der Waals surface area contributed by atoms with Gasteiger partial charge in [0.25, 0.3) is 0 Å². The van der Waals surface area contributed by atoms with Crippen LogP contribution < -0.4 is 14.2 Å². The molecule has 5 aromatic carbocycles. The zero-order valence-corrected chi connectivity index (χ0v) is 20.6. The van der Waals surface area contributed by atoms with Gasteiger partial charge in [-0.2, -0.15) is 0 Å². The summed E-state index contributed by atoms with van der Waals surface area (Å²) in [7, 11) is 3.25. The van der Waals surface area contributed by atoms with E-state index in [1.54, 1.807) is 20.3 Å². The van der Waals surface area contributed by atoms with Gasteiger partial charge < -0.3 is 19.3 Å². The molecular formula is C32H26O5. The third kappa shape index (κ3) is 4.84. The van der Waals surface area contributed by atoms with Crippen molar-refractivity contribution in [1.82, 2.24) is 0 Å². The zero-order chi connectivity index (χ0) is 25.8. The van der Waals surface area contributed by atoms with E-state index in [9.17, 15) is 9.90 Å². The molecule has 0 aliphatic rings. The van der Waals surface area contributed by atoms with Gasteiger partial charge in [-0.15, -0.1) is 0 Å². The number of ether oxygens (including phenoxy) is 3. The van der Waals surface area contributed by atoms with Crippen LogP contribution in [0, 0.1) is 0 Å². The lowest BCUT2D eigenvalue weighted by molar-refractivity contribution is 0.0697. The van der Waals surface area contributed by atoms with Gasteiger partial charge in [-0.1, -0.05) is 72.8 Å². The SMILES string of the molecule is COc1ccc(-c2cc3c(-c4ccccc4)c(C(=O)O)cc(OCc4ccccc4)c3cc2OC)cc1.